The Morgan fingerprint density at radius 1 is 0.559 bits per heavy atom. The third-order valence-electron chi connectivity index (χ3n) is 6.97. The summed E-state index contributed by atoms with van der Waals surface area (Å²) in [5, 5.41) is 59.5. The van der Waals surface area contributed by atoms with Gasteiger partial charge >= 0.3 is 0 Å². The van der Waals surface area contributed by atoms with Crippen LogP contribution in [0, 0.1) is 11.8 Å². The summed E-state index contributed by atoms with van der Waals surface area (Å²) in [7, 11) is 0. The van der Waals surface area contributed by atoms with Gasteiger partial charge in [0.05, 0.1) is 36.6 Å². The first kappa shape index (κ1) is 27.7. The minimum Gasteiger partial charge on any atom is -0.390 e. The topological polar surface area (TPSA) is 121 Å². The normalized spacial score (nSPS) is 31.2. The Morgan fingerprint density at radius 2 is 0.882 bits per heavy atom. The minimum absolute atomic E-state index is 0.278. The molecule has 2 aliphatic carbocycles. The smallest absolute Gasteiger partial charge is 0.0855 e. The predicted molar refractivity (Wildman–Crippen MR) is 137 cm³/mol. The largest absolute Gasteiger partial charge is 0.390 e. The maximum Gasteiger partial charge on any atom is 0.0855 e. The van der Waals surface area contributed by atoms with Crippen molar-refractivity contribution in [1.29, 1.82) is 0 Å². The molecule has 0 aliphatic heterocycles. The molecule has 0 saturated heterocycles. The molecule has 2 aromatic carbocycles. The number of aliphatic hydroxyl groups is 6. The van der Waals surface area contributed by atoms with Gasteiger partial charge in [0.25, 0.3) is 0 Å². The molecule has 0 bridgehead atoms. The molecule has 2 aromatic rings. The van der Waals surface area contributed by atoms with Crippen LogP contribution in [0.5, 0.6) is 0 Å². The molecule has 0 radical (unpaired) electrons. The first-order valence-corrected chi connectivity index (χ1v) is 13.4. The van der Waals surface area contributed by atoms with Crippen LogP contribution in [0.2, 0.25) is 0 Å². The van der Waals surface area contributed by atoms with Crippen molar-refractivity contribution in [2.75, 3.05) is 0 Å². The number of hydrogen-bond donors (Lipinski definition) is 6. The third kappa shape index (κ3) is 7.11. The highest BCUT2D eigenvalue weighted by molar-refractivity contribution is 9.10. The van der Waals surface area contributed by atoms with Gasteiger partial charge in [0.15, 0.2) is 0 Å². The highest BCUT2D eigenvalue weighted by atomic mass is 79.9. The third-order valence-corrected chi connectivity index (χ3v) is 8.03. The lowest BCUT2D eigenvalue weighted by atomic mass is 9.79. The van der Waals surface area contributed by atoms with Gasteiger partial charge in [-0.15, -0.1) is 0 Å². The molecule has 6 N–H and O–H groups in total. The minimum atomic E-state index is -0.831. The molecule has 0 heterocycles. The van der Waals surface area contributed by atoms with Crippen molar-refractivity contribution in [3.05, 3.63) is 68.6 Å². The van der Waals surface area contributed by atoms with E-state index in [9.17, 15) is 30.6 Å². The van der Waals surface area contributed by atoms with Crippen molar-refractivity contribution in [3.8, 4) is 0 Å². The fourth-order valence-electron chi connectivity index (χ4n) is 4.88. The second-order valence-corrected chi connectivity index (χ2v) is 11.1. The quantitative estimate of drug-likeness (QED) is 0.315. The number of aliphatic hydroxyl groups excluding tert-OH is 6. The Kier molecular flexibility index (Phi) is 10.5. The zero-order valence-electron chi connectivity index (χ0n) is 18.9. The fraction of sp³-hybridized carbons (Fsp3) is 0.538. The summed E-state index contributed by atoms with van der Waals surface area (Å²) in [5.41, 5.74) is 1.57. The van der Waals surface area contributed by atoms with E-state index >= 15 is 0 Å². The van der Waals surface area contributed by atoms with E-state index < -0.39 is 36.6 Å². The highest BCUT2D eigenvalue weighted by Crippen LogP contribution is 2.36. The molecule has 0 spiro atoms. The molecule has 2 saturated carbocycles. The van der Waals surface area contributed by atoms with Crippen LogP contribution < -0.4 is 0 Å². The monoisotopic (exact) mass is 600 g/mol. The number of hydrogen-bond acceptors (Lipinski definition) is 6. The van der Waals surface area contributed by atoms with Gasteiger partial charge < -0.3 is 30.6 Å². The summed E-state index contributed by atoms with van der Waals surface area (Å²) in [6.45, 7) is 0. The van der Waals surface area contributed by atoms with Crippen molar-refractivity contribution >= 4 is 31.9 Å². The van der Waals surface area contributed by atoms with E-state index in [1.54, 1.807) is 0 Å². The predicted octanol–water partition coefficient (Wildman–Crippen LogP) is 4.01. The van der Waals surface area contributed by atoms with Crippen molar-refractivity contribution in [2.24, 2.45) is 11.8 Å². The van der Waals surface area contributed by atoms with Crippen molar-refractivity contribution in [1.82, 2.24) is 0 Å². The van der Waals surface area contributed by atoms with Crippen LogP contribution in [0.3, 0.4) is 0 Å². The van der Waals surface area contributed by atoms with Crippen LogP contribution in [0.4, 0.5) is 0 Å². The van der Waals surface area contributed by atoms with E-state index in [0.717, 1.165) is 45.8 Å². The standard InChI is InChI=1S/2C13H17BrO3/c2*14-9-6-4-8(5-7-9)12(16)10-2-1-3-11(15)13(10)17/h2*4-7,10-13,15-17H,1-3H2/t2*10-,11-,12+,13-/m10/s1. The Morgan fingerprint density at radius 3 is 1.21 bits per heavy atom. The first-order valence-electron chi connectivity index (χ1n) is 11.8. The summed E-state index contributed by atoms with van der Waals surface area (Å²) in [4.78, 5) is 0. The van der Waals surface area contributed by atoms with Gasteiger partial charge in [-0.2, -0.15) is 0 Å². The van der Waals surface area contributed by atoms with Gasteiger partial charge in [0.1, 0.15) is 0 Å². The van der Waals surface area contributed by atoms with Crippen molar-refractivity contribution in [3.63, 3.8) is 0 Å². The average molecular weight is 602 g/mol. The molecule has 2 fully saturated rings. The molecule has 4 rings (SSSR count). The van der Waals surface area contributed by atoms with Crippen molar-refractivity contribution in [2.45, 2.75) is 75.1 Å². The second kappa shape index (κ2) is 12.9. The molecule has 2 aliphatic rings. The molecule has 8 heteroatoms. The van der Waals surface area contributed by atoms with Gasteiger partial charge in [-0.3, -0.25) is 0 Å². The lowest BCUT2D eigenvalue weighted by Crippen LogP contribution is -2.40. The van der Waals surface area contributed by atoms with E-state index in [-0.39, 0.29) is 11.8 Å². The van der Waals surface area contributed by atoms with Gasteiger partial charge in [-0.25, -0.2) is 0 Å². The van der Waals surface area contributed by atoms with E-state index in [1.165, 1.54) is 0 Å². The van der Waals surface area contributed by atoms with E-state index in [2.05, 4.69) is 31.9 Å². The Bertz CT molecular complexity index is 804. The molecule has 34 heavy (non-hydrogen) atoms. The zero-order valence-corrected chi connectivity index (χ0v) is 22.1. The average Bonchev–Trinajstić information content (AvgIpc) is 2.83. The Hall–Kier alpha value is -0.840. The van der Waals surface area contributed by atoms with Crippen LogP contribution in [-0.4, -0.2) is 55.1 Å². The summed E-state index contributed by atoms with van der Waals surface area (Å²) in [6, 6.07) is 14.8. The maximum absolute atomic E-state index is 10.2. The Balaban J connectivity index is 0.000000191. The summed E-state index contributed by atoms with van der Waals surface area (Å²) >= 11 is 6.68. The molecular formula is C26H34Br2O6. The van der Waals surface area contributed by atoms with Crippen LogP contribution in [0.25, 0.3) is 0 Å². The molecule has 0 aromatic heterocycles. The number of rotatable bonds is 4. The maximum atomic E-state index is 10.2. The highest BCUT2D eigenvalue weighted by Gasteiger charge is 2.36. The first-order chi connectivity index (χ1) is 16.2. The summed E-state index contributed by atoms with van der Waals surface area (Å²) in [6.07, 6.45) is -0.101. The van der Waals surface area contributed by atoms with E-state index in [0.29, 0.717) is 12.8 Å². The lowest BCUT2D eigenvalue weighted by Gasteiger charge is -2.35. The van der Waals surface area contributed by atoms with Gasteiger partial charge in [0, 0.05) is 20.8 Å². The molecule has 0 unspecified atom stereocenters. The summed E-state index contributed by atoms with van der Waals surface area (Å²) in [5.74, 6) is -0.556. The van der Waals surface area contributed by atoms with Gasteiger partial charge in [-0.1, -0.05) is 69.0 Å². The van der Waals surface area contributed by atoms with Crippen LogP contribution >= 0.6 is 31.9 Å². The Labute approximate surface area is 217 Å². The van der Waals surface area contributed by atoms with Gasteiger partial charge in [0.2, 0.25) is 0 Å². The summed E-state index contributed by atoms with van der Waals surface area (Å²) < 4.78 is 1.91. The van der Waals surface area contributed by atoms with Crippen LogP contribution in [0.15, 0.2) is 57.5 Å². The lowest BCUT2D eigenvalue weighted by molar-refractivity contribution is -0.0839. The fourth-order valence-corrected chi connectivity index (χ4v) is 5.41. The number of benzene rings is 2. The SMILES string of the molecule is O[C@@H]1[C@@H]([C@@H](O)c2ccc(Br)cc2)CCC[C@H]1O.O[C@H]1[C@H]([C@H](O)c2ccc(Br)cc2)CCC[C@@H]1O. The van der Waals surface area contributed by atoms with Crippen LogP contribution in [0.1, 0.15) is 61.9 Å². The van der Waals surface area contributed by atoms with Gasteiger partial charge in [-0.05, 0) is 61.1 Å². The molecule has 8 atom stereocenters. The molecule has 6 nitrogen and oxygen atoms in total. The molecule has 0 amide bonds. The molecular weight excluding hydrogens is 568 g/mol. The second-order valence-electron chi connectivity index (χ2n) is 9.30. The van der Waals surface area contributed by atoms with E-state index in [1.807, 2.05) is 48.5 Å². The number of halogens is 2. The zero-order chi connectivity index (χ0) is 24.8. The van der Waals surface area contributed by atoms with E-state index in [4.69, 9.17) is 0 Å². The van der Waals surface area contributed by atoms with Crippen molar-refractivity contribution < 1.29 is 30.6 Å². The van der Waals surface area contributed by atoms with Crippen LogP contribution in [-0.2, 0) is 0 Å². The molecule has 188 valence electrons.